The van der Waals surface area contributed by atoms with Crippen LogP contribution < -0.4 is 5.32 Å². The van der Waals surface area contributed by atoms with E-state index in [2.05, 4.69) is 44.6 Å². The third kappa shape index (κ3) is 3.28. The second-order valence-electron chi connectivity index (χ2n) is 6.24. The normalized spacial score (nSPS) is 15.8. The lowest BCUT2D eigenvalue weighted by Gasteiger charge is -2.13. The molecule has 0 fully saturated rings. The van der Waals surface area contributed by atoms with E-state index < -0.39 is 0 Å². The van der Waals surface area contributed by atoms with Crippen LogP contribution in [0.25, 0.3) is 5.82 Å². The predicted octanol–water partition coefficient (Wildman–Crippen LogP) is 2.40. The predicted molar refractivity (Wildman–Crippen MR) is 93.1 cm³/mol. The summed E-state index contributed by atoms with van der Waals surface area (Å²) in [4.78, 5) is 20.7. The Morgan fingerprint density at radius 3 is 3.04 bits per heavy atom. The number of carbonyl (C=O) groups excluding carboxylic acids is 1. The molecule has 1 N–H and O–H groups in total. The van der Waals surface area contributed by atoms with E-state index in [1.807, 2.05) is 12.1 Å². The van der Waals surface area contributed by atoms with Gasteiger partial charge in [0.1, 0.15) is 12.7 Å². The lowest BCUT2D eigenvalue weighted by molar-refractivity contribution is -0.121. The summed E-state index contributed by atoms with van der Waals surface area (Å²) in [5.41, 5.74) is 3.61. The van der Waals surface area contributed by atoms with Crippen molar-refractivity contribution >= 4 is 5.91 Å². The van der Waals surface area contributed by atoms with Crippen LogP contribution in [0.5, 0.6) is 0 Å². The molecular weight excluding hydrogens is 314 g/mol. The van der Waals surface area contributed by atoms with Crippen LogP contribution in [0.15, 0.2) is 55.2 Å². The summed E-state index contributed by atoms with van der Waals surface area (Å²) in [6.45, 7) is 0.427. The monoisotopic (exact) mass is 333 g/mol. The molecule has 6 heteroatoms. The maximum atomic E-state index is 12.4. The van der Waals surface area contributed by atoms with Gasteiger partial charge in [0.15, 0.2) is 5.82 Å². The molecule has 0 spiro atoms. The van der Waals surface area contributed by atoms with Crippen LogP contribution >= 0.6 is 0 Å². The number of nitrogens with zero attached hydrogens (tertiary/aromatic N) is 4. The first-order valence-corrected chi connectivity index (χ1v) is 8.44. The second-order valence-corrected chi connectivity index (χ2v) is 6.24. The van der Waals surface area contributed by atoms with Crippen LogP contribution in [-0.2, 0) is 17.8 Å². The fraction of sp³-hybridized carbons (Fsp3) is 0.263. The Labute approximate surface area is 145 Å². The van der Waals surface area contributed by atoms with Gasteiger partial charge in [0.25, 0.3) is 0 Å². The van der Waals surface area contributed by atoms with E-state index in [0.29, 0.717) is 24.7 Å². The molecule has 1 aliphatic carbocycles. The van der Waals surface area contributed by atoms with Gasteiger partial charge in [-0.1, -0.05) is 30.3 Å². The lowest BCUT2D eigenvalue weighted by Crippen LogP contribution is -2.25. The number of pyridine rings is 1. The van der Waals surface area contributed by atoms with E-state index in [9.17, 15) is 4.79 Å². The van der Waals surface area contributed by atoms with Crippen molar-refractivity contribution in [3.63, 3.8) is 0 Å². The first kappa shape index (κ1) is 15.5. The van der Waals surface area contributed by atoms with Crippen molar-refractivity contribution in [2.24, 2.45) is 0 Å². The average molecular weight is 333 g/mol. The Kier molecular flexibility index (Phi) is 4.24. The van der Waals surface area contributed by atoms with E-state index in [1.54, 1.807) is 17.2 Å². The zero-order valence-electron chi connectivity index (χ0n) is 13.8. The molecule has 0 unspecified atom stereocenters. The van der Waals surface area contributed by atoms with Gasteiger partial charge in [-0.2, -0.15) is 5.10 Å². The second kappa shape index (κ2) is 6.84. The minimum absolute atomic E-state index is 0.0649. The minimum Gasteiger partial charge on any atom is -0.352 e. The van der Waals surface area contributed by atoms with E-state index in [0.717, 1.165) is 18.4 Å². The number of benzene rings is 1. The Bertz CT molecular complexity index is 875. The molecule has 0 radical (unpaired) electrons. The van der Waals surface area contributed by atoms with Gasteiger partial charge in [-0.25, -0.2) is 14.6 Å². The van der Waals surface area contributed by atoms with Gasteiger partial charge in [-0.15, -0.1) is 0 Å². The Morgan fingerprint density at radius 2 is 2.16 bits per heavy atom. The van der Waals surface area contributed by atoms with Crippen molar-refractivity contribution in [3.05, 3.63) is 71.9 Å². The van der Waals surface area contributed by atoms with Gasteiger partial charge >= 0.3 is 0 Å². The van der Waals surface area contributed by atoms with Crippen molar-refractivity contribution < 1.29 is 4.79 Å². The Hall–Kier alpha value is -3.02. The van der Waals surface area contributed by atoms with Crippen molar-refractivity contribution in [1.29, 1.82) is 0 Å². The van der Waals surface area contributed by atoms with Crippen LogP contribution in [-0.4, -0.2) is 25.7 Å². The molecule has 25 heavy (non-hydrogen) atoms. The number of hydrogen-bond donors (Lipinski definition) is 1. The Balaban J connectivity index is 1.41. The van der Waals surface area contributed by atoms with Gasteiger partial charge in [0, 0.05) is 24.7 Å². The van der Waals surface area contributed by atoms with Crippen molar-refractivity contribution in [1.82, 2.24) is 25.1 Å². The zero-order valence-corrected chi connectivity index (χ0v) is 13.8. The molecule has 126 valence electrons. The maximum absolute atomic E-state index is 12.4. The standard InChI is InChI=1S/C19H19N5O/c25-18(10-15-8-7-14-4-1-2-6-17(14)15)22-11-16-5-3-9-21-19(16)24-13-20-12-23-24/h1-6,9,12-13,15H,7-8,10-11H2,(H,22,25)/t15-/m0/s1. The third-order valence-electron chi connectivity index (χ3n) is 4.67. The number of rotatable bonds is 5. The summed E-state index contributed by atoms with van der Waals surface area (Å²) in [5, 5.41) is 7.13. The molecule has 0 saturated carbocycles. The van der Waals surface area contributed by atoms with Crippen molar-refractivity contribution in [2.75, 3.05) is 0 Å². The quantitative estimate of drug-likeness (QED) is 0.778. The van der Waals surface area contributed by atoms with E-state index >= 15 is 0 Å². The number of fused-ring (bicyclic) bond motifs is 1. The summed E-state index contributed by atoms with van der Waals surface area (Å²) in [5.74, 6) is 1.07. The van der Waals surface area contributed by atoms with E-state index in [-0.39, 0.29) is 5.91 Å². The molecule has 1 aromatic carbocycles. The third-order valence-corrected chi connectivity index (χ3v) is 4.67. The van der Waals surface area contributed by atoms with E-state index in [4.69, 9.17) is 0 Å². The Morgan fingerprint density at radius 1 is 1.24 bits per heavy atom. The molecular formula is C19H19N5O. The SMILES string of the molecule is O=C(C[C@@H]1CCc2ccccc21)NCc1cccnc1-n1cncn1. The molecule has 0 bridgehead atoms. The van der Waals surface area contributed by atoms with Crippen LogP contribution in [0.4, 0.5) is 0 Å². The fourth-order valence-corrected chi connectivity index (χ4v) is 3.44. The molecule has 1 aliphatic rings. The highest BCUT2D eigenvalue weighted by molar-refractivity contribution is 5.77. The largest absolute Gasteiger partial charge is 0.352 e. The van der Waals surface area contributed by atoms with Gasteiger partial charge in [-0.05, 0) is 36.0 Å². The highest BCUT2D eigenvalue weighted by atomic mass is 16.1. The summed E-state index contributed by atoms with van der Waals surface area (Å²) in [7, 11) is 0. The molecule has 1 amide bonds. The minimum atomic E-state index is 0.0649. The summed E-state index contributed by atoms with van der Waals surface area (Å²) in [6, 6.07) is 12.2. The van der Waals surface area contributed by atoms with Crippen molar-refractivity contribution in [2.45, 2.75) is 31.7 Å². The topological polar surface area (TPSA) is 72.7 Å². The molecule has 0 aliphatic heterocycles. The zero-order chi connectivity index (χ0) is 17.1. The molecule has 4 rings (SSSR count). The maximum Gasteiger partial charge on any atom is 0.220 e. The van der Waals surface area contributed by atoms with Gasteiger partial charge in [0.2, 0.25) is 5.91 Å². The number of carbonyl (C=O) groups is 1. The van der Waals surface area contributed by atoms with Gasteiger partial charge in [-0.3, -0.25) is 4.79 Å². The van der Waals surface area contributed by atoms with Crippen molar-refractivity contribution in [3.8, 4) is 5.82 Å². The summed E-state index contributed by atoms with van der Waals surface area (Å²) < 4.78 is 1.61. The average Bonchev–Trinajstić information content (AvgIpc) is 3.31. The van der Waals surface area contributed by atoms with Crippen LogP contribution in [0, 0.1) is 0 Å². The smallest absolute Gasteiger partial charge is 0.220 e. The number of aromatic nitrogens is 4. The first-order valence-electron chi connectivity index (χ1n) is 8.44. The number of nitrogens with one attached hydrogen (secondary N) is 1. The number of hydrogen-bond acceptors (Lipinski definition) is 4. The van der Waals surface area contributed by atoms with Gasteiger partial charge in [0.05, 0.1) is 0 Å². The fourth-order valence-electron chi connectivity index (χ4n) is 3.44. The van der Waals surface area contributed by atoms with Gasteiger partial charge < -0.3 is 5.32 Å². The van der Waals surface area contributed by atoms with Crippen LogP contribution in [0.2, 0.25) is 0 Å². The van der Waals surface area contributed by atoms with E-state index in [1.165, 1.54) is 17.5 Å². The molecule has 2 heterocycles. The summed E-state index contributed by atoms with van der Waals surface area (Å²) in [6.07, 6.45) is 7.41. The first-order chi connectivity index (χ1) is 12.3. The molecule has 2 aromatic heterocycles. The number of aryl methyl sites for hydroxylation is 1. The molecule has 6 nitrogen and oxygen atoms in total. The molecule has 1 atom stereocenters. The molecule has 0 saturated heterocycles. The van der Waals surface area contributed by atoms with Crippen LogP contribution in [0.1, 0.15) is 35.4 Å². The highest BCUT2D eigenvalue weighted by Crippen LogP contribution is 2.35. The van der Waals surface area contributed by atoms with Crippen LogP contribution in [0.3, 0.4) is 0 Å². The highest BCUT2D eigenvalue weighted by Gasteiger charge is 2.24. The number of amides is 1. The lowest BCUT2D eigenvalue weighted by atomic mass is 9.97. The molecule has 3 aromatic rings. The summed E-state index contributed by atoms with van der Waals surface area (Å²) >= 11 is 0.